The van der Waals surface area contributed by atoms with E-state index in [4.69, 9.17) is 4.74 Å². The van der Waals surface area contributed by atoms with Gasteiger partial charge < -0.3 is 10.1 Å². The largest absolute Gasteiger partial charge is 0.491 e. The first-order valence-corrected chi connectivity index (χ1v) is 8.64. The van der Waals surface area contributed by atoms with E-state index in [-0.39, 0.29) is 17.2 Å². The van der Waals surface area contributed by atoms with Crippen molar-refractivity contribution < 1.29 is 9.53 Å². The summed E-state index contributed by atoms with van der Waals surface area (Å²) in [5.74, 6) is 0.849. The van der Waals surface area contributed by atoms with E-state index in [1.54, 1.807) is 11.8 Å². The Balaban J connectivity index is 1.76. The number of thioether (sulfide) groups is 1. The van der Waals surface area contributed by atoms with Crippen molar-refractivity contribution in [2.45, 2.75) is 37.0 Å². The van der Waals surface area contributed by atoms with Crippen LogP contribution in [0, 0.1) is 6.92 Å². The molecule has 0 aromatic heterocycles. The second-order valence-electron chi connectivity index (χ2n) is 5.61. The molecule has 3 nitrogen and oxygen atoms in total. The summed E-state index contributed by atoms with van der Waals surface area (Å²) in [6.45, 7) is 6.36. The summed E-state index contributed by atoms with van der Waals surface area (Å²) in [6, 6.07) is 17.8. The lowest BCUT2D eigenvalue weighted by atomic mass is 10.2. The van der Waals surface area contributed by atoms with E-state index in [0.717, 1.165) is 10.6 Å². The minimum Gasteiger partial charge on any atom is -0.491 e. The molecule has 2 aromatic carbocycles. The van der Waals surface area contributed by atoms with Crippen LogP contribution in [0.4, 0.5) is 0 Å². The second kappa shape index (κ2) is 8.63. The van der Waals surface area contributed by atoms with Crippen LogP contribution in [0.25, 0.3) is 0 Å². The Bertz CT molecular complexity index is 613. The minimum absolute atomic E-state index is 0.0267. The molecule has 0 aliphatic rings. The first kappa shape index (κ1) is 17.4. The van der Waals surface area contributed by atoms with Crippen LogP contribution in [0.3, 0.4) is 0 Å². The Morgan fingerprint density at radius 1 is 1.09 bits per heavy atom. The number of nitrogens with one attached hydrogen (secondary N) is 1. The smallest absolute Gasteiger partial charge is 0.233 e. The molecule has 0 aliphatic heterocycles. The summed E-state index contributed by atoms with van der Waals surface area (Å²) in [7, 11) is 0. The molecule has 1 N–H and O–H groups in total. The monoisotopic (exact) mass is 329 g/mol. The first-order chi connectivity index (χ1) is 11.0. The fourth-order valence-corrected chi connectivity index (χ4v) is 2.91. The number of benzene rings is 2. The van der Waals surface area contributed by atoms with Gasteiger partial charge in [-0.15, -0.1) is 11.8 Å². The van der Waals surface area contributed by atoms with Crippen LogP contribution in [-0.4, -0.2) is 23.8 Å². The van der Waals surface area contributed by atoms with E-state index in [1.807, 2.05) is 75.4 Å². The molecule has 23 heavy (non-hydrogen) atoms. The average molecular weight is 329 g/mol. The second-order valence-corrected chi connectivity index (χ2v) is 7.02. The van der Waals surface area contributed by atoms with Crippen molar-refractivity contribution in [3.63, 3.8) is 0 Å². The summed E-state index contributed by atoms with van der Waals surface area (Å²) in [5.41, 5.74) is 1.20. The van der Waals surface area contributed by atoms with Gasteiger partial charge >= 0.3 is 0 Å². The highest BCUT2D eigenvalue weighted by Crippen LogP contribution is 2.22. The molecule has 0 fully saturated rings. The van der Waals surface area contributed by atoms with Crippen LogP contribution in [0.5, 0.6) is 5.75 Å². The molecule has 0 unspecified atom stereocenters. The van der Waals surface area contributed by atoms with Crippen molar-refractivity contribution in [1.82, 2.24) is 5.32 Å². The van der Waals surface area contributed by atoms with Gasteiger partial charge in [0.25, 0.3) is 0 Å². The molecule has 4 heteroatoms. The van der Waals surface area contributed by atoms with Gasteiger partial charge in [-0.05, 0) is 45.0 Å². The van der Waals surface area contributed by atoms with E-state index in [9.17, 15) is 4.79 Å². The first-order valence-electron chi connectivity index (χ1n) is 7.76. The van der Waals surface area contributed by atoms with Crippen molar-refractivity contribution >= 4 is 17.7 Å². The summed E-state index contributed by atoms with van der Waals surface area (Å²) < 4.78 is 5.70. The molecule has 122 valence electrons. The molecule has 0 heterocycles. The summed E-state index contributed by atoms with van der Waals surface area (Å²) >= 11 is 1.56. The Labute approximate surface area is 142 Å². The van der Waals surface area contributed by atoms with Gasteiger partial charge in [-0.2, -0.15) is 0 Å². The van der Waals surface area contributed by atoms with Gasteiger partial charge in [-0.1, -0.05) is 35.9 Å². The maximum atomic E-state index is 12.2. The van der Waals surface area contributed by atoms with E-state index in [0.29, 0.717) is 6.61 Å². The Morgan fingerprint density at radius 3 is 2.39 bits per heavy atom. The summed E-state index contributed by atoms with van der Waals surface area (Å²) in [5, 5.41) is 2.86. The molecule has 2 aromatic rings. The van der Waals surface area contributed by atoms with Gasteiger partial charge in [0.15, 0.2) is 0 Å². The quantitative estimate of drug-likeness (QED) is 0.779. The molecule has 0 radical (unpaired) electrons. The van der Waals surface area contributed by atoms with Crippen LogP contribution in [0.2, 0.25) is 0 Å². The Hall–Kier alpha value is -1.94. The van der Waals surface area contributed by atoms with Crippen molar-refractivity contribution in [2.24, 2.45) is 0 Å². The number of hydrogen-bond acceptors (Lipinski definition) is 3. The molecule has 2 atom stereocenters. The highest BCUT2D eigenvalue weighted by atomic mass is 32.2. The lowest BCUT2D eigenvalue weighted by Crippen LogP contribution is -2.40. The Morgan fingerprint density at radius 2 is 1.74 bits per heavy atom. The third-order valence-corrected chi connectivity index (χ3v) is 4.45. The fraction of sp³-hybridized carbons (Fsp3) is 0.316. The zero-order valence-corrected chi connectivity index (χ0v) is 14.6. The van der Waals surface area contributed by atoms with E-state index in [2.05, 4.69) is 5.32 Å². The maximum Gasteiger partial charge on any atom is 0.233 e. The topological polar surface area (TPSA) is 38.3 Å². The molecule has 0 spiro atoms. The molecular formula is C19H23NO2S. The zero-order valence-electron chi connectivity index (χ0n) is 13.8. The zero-order chi connectivity index (χ0) is 16.7. The van der Waals surface area contributed by atoms with Gasteiger partial charge in [-0.25, -0.2) is 0 Å². The van der Waals surface area contributed by atoms with Crippen molar-refractivity contribution in [3.05, 3.63) is 60.2 Å². The number of ether oxygens (including phenoxy) is 1. The SMILES string of the molecule is Cc1ccc(OC[C@@H](C)NC(=O)[C@H](C)Sc2ccccc2)cc1. The average Bonchev–Trinajstić information content (AvgIpc) is 2.55. The number of carbonyl (C=O) groups excluding carboxylic acids is 1. The van der Waals surface area contributed by atoms with E-state index in [1.165, 1.54) is 5.56 Å². The molecule has 0 saturated carbocycles. The maximum absolute atomic E-state index is 12.2. The lowest BCUT2D eigenvalue weighted by molar-refractivity contribution is -0.121. The van der Waals surface area contributed by atoms with Gasteiger partial charge in [0.2, 0.25) is 5.91 Å². The summed E-state index contributed by atoms with van der Waals surface area (Å²) in [6.07, 6.45) is 0. The van der Waals surface area contributed by atoms with Crippen molar-refractivity contribution in [3.8, 4) is 5.75 Å². The summed E-state index contributed by atoms with van der Waals surface area (Å²) in [4.78, 5) is 13.3. The van der Waals surface area contributed by atoms with Crippen LogP contribution >= 0.6 is 11.8 Å². The highest BCUT2D eigenvalue weighted by molar-refractivity contribution is 8.00. The van der Waals surface area contributed by atoms with E-state index >= 15 is 0 Å². The standard InChI is InChI=1S/C19H23NO2S/c1-14-9-11-17(12-10-14)22-13-15(2)20-19(21)16(3)23-18-7-5-4-6-8-18/h4-12,15-16H,13H2,1-3H3,(H,20,21)/t15-,16+/m1/s1. The van der Waals surface area contributed by atoms with Gasteiger partial charge in [0.05, 0.1) is 11.3 Å². The van der Waals surface area contributed by atoms with E-state index < -0.39 is 0 Å². The molecule has 1 amide bonds. The number of aryl methyl sites for hydroxylation is 1. The number of hydrogen-bond donors (Lipinski definition) is 1. The van der Waals surface area contributed by atoms with Gasteiger partial charge in [-0.3, -0.25) is 4.79 Å². The van der Waals surface area contributed by atoms with Gasteiger partial charge in [0.1, 0.15) is 12.4 Å². The third-order valence-electron chi connectivity index (χ3n) is 3.33. The molecule has 2 rings (SSSR count). The van der Waals surface area contributed by atoms with Crippen LogP contribution in [0.1, 0.15) is 19.4 Å². The predicted octanol–water partition coefficient (Wildman–Crippen LogP) is 4.06. The molecular weight excluding hydrogens is 306 g/mol. The predicted molar refractivity (Wildman–Crippen MR) is 96.0 cm³/mol. The van der Waals surface area contributed by atoms with Crippen LogP contribution in [0.15, 0.2) is 59.5 Å². The lowest BCUT2D eigenvalue weighted by Gasteiger charge is -2.18. The van der Waals surface area contributed by atoms with Crippen LogP contribution in [-0.2, 0) is 4.79 Å². The molecule has 0 aliphatic carbocycles. The van der Waals surface area contributed by atoms with Crippen molar-refractivity contribution in [2.75, 3.05) is 6.61 Å². The number of carbonyl (C=O) groups is 1. The minimum atomic E-state index is -0.140. The van der Waals surface area contributed by atoms with Crippen molar-refractivity contribution in [1.29, 1.82) is 0 Å². The number of rotatable bonds is 7. The molecule has 0 bridgehead atoms. The Kier molecular flexibility index (Phi) is 6.53. The molecule has 0 saturated heterocycles. The fourth-order valence-electron chi connectivity index (χ4n) is 2.01. The van der Waals surface area contributed by atoms with Gasteiger partial charge in [0, 0.05) is 4.90 Å². The third kappa shape index (κ3) is 5.99. The van der Waals surface area contributed by atoms with Crippen LogP contribution < -0.4 is 10.1 Å². The number of amides is 1. The normalized spacial score (nSPS) is 13.2. The highest BCUT2D eigenvalue weighted by Gasteiger charge is 2.16.